The fraction of sp³-hybridized carbons (Fsp3) is 0.545. The summed E-state index contributed by atoms with van der Waals surface area (Å²) in [4.78, 5) is 27.7. The number of hydrogen-bond donors (Lipinski definition) is 3. The fourth-order valence-electron chi connectivity index (χ4n) is 2.30. The summed E-state index contributed by atoms with van der Waals surface area (Å²) in [5.41, 5.74) is -4.28. The first-order chi connectivity index (χ1) is 10.2. The number of aromatic amines is 1. The van der Waals surface area contributed by atoms with Crippen molar-refractivity contribution in [3.8, 4) is 0 Å². The highest BCUT2D eigenvalue weighted by atomic mass is 19.4. The third-order valence-corrected chi connectivity index (χ3v) is 3.43. The van der Waals surface area contributed by atoms with Crippen LogP contribution >= 0.6 is 0 Å². The lowest BCUT2D eigenvalue weighted by atomic mass is 9.95. The van der Waals surface area contributed by atoms with Gasteiger partial charge in [-0.3, -0.25) is 19.3 Å². The summed E-state index contributed by atoms with van der Waals surface area (Å²) in [6, 6.07) is 0.824. The van der Waals surface area contributed by atoms with Crippen molar-refractivity contribution in [2.75, 3.05) is 6.61 Å². The molecule has 0 bridgehead atoms. The Morgan fingerprint density at radius 3 is 2.59 bits per heavy atom. The SMILES string of the molecule is C=N[C@]1(CO)O[C@@H](n2ccc(=O)[nH]c2=O)[C@@H](C(F)(F)F)[C@@H]1O. The van der Waals surface area contributed by atoms with Gasteiger partial charge in [0.2, 0.25) is 5.72 Å². The molecule has 2 rings (SSSR count). The summed E-state index contributed by atoms with van der Waals surface area (Å²) in [7, 11) is 0. The molecule has 11 heteroatoms. The van der Waals surface area contributed by atoms with Crippen LogP contribution in [0.25, 0.3) is 0 Å². The Labute approximate surface area is 120 Å². The molecule has 0 aromatic carbocycles. The Balaban J connectivity index is 2.59. The average Bonchev–Trinajstić information content (AvgIpc) is 2.72. The number of hydrogen-bond acceptors (Lipinski definition) is 6. The van der Waals surface area contributed by atoms with E-state index in [9.17, 15) is 33.0 Å². The molecule has 4 atom stereocenters. The van der Waals surface area contributed by atoms with Gasteiger partial charge in [0.15, 0.2) is 6.23 Å². The van der Waals surface area contributed by atoms with Gasteiger partial charge in [0, 0.05) is 12.3 Å². The number of halogens is 3. The van der Waals surface area contributed by atoms with Crippen molar-refractivity contribution in [3.63, 3.8) is 0 Å². The number of H-pyrrole nitrogens is 1. The second kappa shape index (κ2) is 5.34. The summed E-state index contributed by atoms with van der Waals surface area (Å²) in [6.45, 7) is 1.94. The van der Waals surface area contributed by atoms with Gasteiger partial charge in [0.25, 0.3) is 5.56 Å². The third-order valence-electron chi connectivity index (χ3n) is 3.43. The van der Waals surface area contributed by atoms with Crippen molar-refractivity contribution < 1.29 is 28.1 Å². The molecule has 0 amide bonds. The summed E-state index contributed by atoms with van der Waals surface area (Å²) in [5.74, 6) is -2.55. The van der Waals surface area contributed by atoms with Gasteiger partial charge >= 0.3 is 11.9 Å². The molecule has 0 radical (unpaired) electrons. The Hall–Kier alpha value is -1.98. The molecule has 1 aromatic rings. The maximum Gasteiger partial charge on any atom is 0.398 e. The lowest BCUT2D eigenvalue weighted by Gasteiger charge is -2.25. The van der Waals surface area contributed by atoms with E-state index in [0.29, 0.717) is 4.57 Å². The molecule has 1 fully saturated rings. The molecule has 1 saturated heterocycles. The minimum atomic E-state index is -4.96. The lowest BCUT2D eigenvalue weighted by Crippen LogP contribution is -2.46. The van der Waals surface area contributed by atoms with Crippen molar-refractivity contribution in [1.82, 2.24) is 9.55 Å². The largest absolute Gasteiger partial charge is 0.398 e. The number of alkyl halides is 3. The predicted octanol–water partition coefficient (Wildman–Crippen LogP) is -1.01. The van der Waals surface area contributed by atoms with Gasteiger partial charge in [-0.15, -0.1) is 0 Å². The molecule has 1 aliphatic rings. The number of aliphatic imine (C=N–C) groups is 1. The maximum atomic E-state index is 13.2. The molecule has 0 unspecified atom stereocenters. The van der Waals surface area contributed by atoms with E-state index in [-0.39, 0.29) is 0 Å². The van der Waals surface area contributed by atoms with E-state index >= 15 is 0 Å². The first-order valence-electron chi connectivity index (χ1n) is 5.99. The molecule has 22 heavy (non-hydrogen) atoms. The van der Waals surface area contributed by atoms with Crippen LogP contribution in [0.5, 0.6) is 0 Å². The first-order valence-corrected chi connectivity index (χ1v) is 5.99. The standard InChI is InChI=1S/C11H12F3N3O5/c1-15-10(4-18)7(20)6(11(12,13)14)8(22-10)17-3-2-5(19)16-9(17)21/h2-3,6-8,18,20H,1,4H2,(H,16,19,21)/t6-,7-,8+,10+/m0/s1. The summed E-state index contributed by atoms with van der Waals surface area (Å²) in [6.07, 6.45) is -8.45. The maximum absolute atomic E-state index is 13.2. The number of aromatic nitrogens is 2. The molecule has 3 N–H and O–H groups in total. The second-order valence-electron chi connectivity index (χ2n) is 4.70. The van der Waals surface area contributed by atoms with E-state index in [0.717, 1.165) is 12.3 Å². The fourth-order valence-corrected chi connectivity index (χ4v) is 2.30. The molecule has 0 saturated carbocycles. The zero-order chi connectivity index (χ0) is 16.7. The van der Waals surface area contributed by atoms with Gasteiger partial charge in [-0.05, 0) is 6.72 Å². The van der Waals surface area contributed by atoms with Gasteiger partial charge in [-0.2, -0.15) is 13.2 Å². The van der Waals surface area contributed by atoms with E-state index in [2.05, 4.69) is 11.7 Å². The smallest absolute Gasteiger partial charge is 0.391 e. The highest BCUT2D eigenvalue weighted by Crippen LogP contribution is 2.48. The molecule has 1 aromatic heterocycles. The molecule has 2 heterocycles. The van der Waals surface area contributed by atoms with Gasteiger partial charge in [0.1, 0.15) is 12.0 Å². The molecule has 0 spiro atoms. The molecule has 0 aliphatic carbocycles. The van der Waals surface area contributed by atoms with Crippen LogP contribution < -0.4 is 11.2 Å². The van der Waals surface area contributed by atoms with Crippen LogP contribution in [0.4, 0.5) is 13.2 Å². The molecule has 122 valence electrons. The normalized spacial score (nSPS) is 32.1. The van der Waals surface area contributed by atoms with Crippen molar-refractivity contribution in [1.29, 1.82) is 0 Å². The molecular formula is C11H12F3N3O5. The van der Waals surface area contributed by atoms with E-state index in [4.69, 9.17) is 4.74 Å². The average molecular weight is 323 g/mol. The van der Waals surface area contributed by atoms with Crippen molar-refractivity contribution in [3.05, 3.63) is 33.1 Å². The number of nitrogens with zero attached hydrogens (tertiary/aromatic N) is 2. The van der Waals surface area contributed by atoms with Crippen molar-refractivity contribution >= 4 is 6.72 Å². The quantitative estimate of drug-likeness (QED) is 0.617. The Morgan fingerprint density at radius 2 is 2.14 bits per heavy atom. The van der Waals surface area contributed by atoms with E-state index in [1.165, 1.54) is 0 Å². The summed E-state index contributed by atoms with van der Waals surface area (Å²) in [5, 5.41) is 19.1. The number of aliphatic hydroxyl groups is 2. The number of nitrogens with one attached hydrogen (secondary N) is 1. The zero-order valence-electron chi connectivity index (χ0n) is 10.9. The first kappa shape index (κ1) is 16.4. The van der Waals surface area contributed by atoms with Crippen LogP contribution in [0.3, 0.4) is 0 Å². The van der Waals surface area contributed by atoms with Gasteiger partial charge in [-0.25, -0.2) is 4.79 Å². The molecule has 8 nitrogen and oxygen atoms in total. The summed E-state index contributed by atoms with van der Waals surface area (Å²) >= 11 is 0. The minimum Gasteiger partial charge on any atom is -0.391 e. The van der Waals surface area contributed by atoms with E-state index < -0.39 is 48.0 Å². The third kappa shape index (κ3) is 2.46. The number of aliphatic hydroxyl groups excluding tert-OH is 2. The van der Waals surface area contributed by atoms with Gasteiger partial charge in [0.05, 0.1) is 6.61 Å². The van der Waals surface area contributed by atoms with Crippen molar-refractivity contribution in [2.24, 2.45) is 10.9 Å². The van der Waals surface area contributed by atoms with Crippen LogP contribution in [-0.2, 0) is 4.74 Å². The van der Waals surface area contributed by atoms with Gasteiger partial charge < -0.3 is 14.9 Å². The van der Waals surface area contributed by atoms with E-state index in [1.807, 2.05) is 0 Å². The number of ether oxygens (including phenoxy) is 1. The summed E-state index contributed by atoms with van der Waals surface area (Å²) < 4.78 is 45.1. The Morgan fingerprint density at radius 1 is 1.50 bits per heavy atom. The van der Waals surface area contributed by atoms with E-state index in [1.54, 1.807) is 4.98 Å². The highest BCUT2D eigenvalue weighted by Gasteiger charge is 2.64. The topological polar surface area (TPSA) is 117 Å². The predicted molar refractivity (Wildman–Crippen MR) is 66.4 cm³/mol. The van der Waals surface area contributed by atoms with Crippen molar-refractivity contribution in [2.45, 2.75) is 24.2 Å². The monoisotopic (exact) mass is 323 g/mol. The zero-order valence-corrected chi connectivity index (χ0v) is 10.9. The Bertz CT molecular complexity index is 685. The lowest BCUT2D eigenvalue weighted by molar-refractivity contribution is -0.211. The second-order valence-corrected chi connectivity index (χ2v) is 4.70. The Kier molecular flexibility index (Phi) is 3.98. The highest BCUT2D eigenvalue weighted by molar-refractivity contribution is 5.26. The number of rotatable bonds is 3. The van der Waals surface area contributed by atoms with Crippen LogP contribution in [0.1, 0.15) is 6.23 Å². The van der Waals surface area contributed by atoms with Crippen LogP contribution in [0.2, 0.25) is 0 Å². The minimum absolute atomic E-state index is 0.464. The van der Waals surface area contributed by atoms with Crippen LogP contribution in [0.15, 0.2) is 26.8 Å². The molecular weight excluding hydrogens is 311 g/mol. The molecule has 1 aliphatic heterocycles. The van der Waals surface area contributed by atoms with Crippen LogP contribution in [-0.4, -0.2) is 51.1 Å². The van der Waals surface area contributed by atoms with Crippen LogP contribution in [0, 0.1) is 5.92 Å². The van der Waals surface area contributed by atoms with Gasteiger partial charge in [-0.1, -0.05) is 0 Å².